The number of hydrogen-bond acceptors (Lipinski definition) is 8. The first-order valence-electron chi connectivity index (χ1n) is 9.59. The highest BCUT2D eigenvalue weighted by Crippen LogP contribution is 2.30. The van der Waals surface area contributed by atoms with Crippen molar-refractivity contribution < 1.29 is 23.0 Å². The van der Waals surface area contributed by atoms with Gasteiger partial charge in [0.25, 0.3) is 5.69 Å². The third-order valence-electron chi connectivity index (χ3n) is 4.96. The molecule has 0 bridgehead atoms. The first-order chi connectivity index (χ1) is 15.0. The largest absolute Gasteiger partial charge is 0.434 e. The molecule has 0 N–H and O–H groups in total. The average Bonchev–Trinajstić information content (AvgIpc) is 3.22. The van der Waals surface area contributed by atoms with Gasteiger partial charge < -0.3 is 14.2 Å². The molecule has 1 aliphatic heterocycles. The zero-order chi connectivity index (χ0) is 21.8. The SMILES string of the molecule is O=[N+]([O-])c1ccccc1N1CCN(Cc2nc(-c3ccccc3OC(F)F)no2)CC1. The molecule has 0 amide bonds. The Hall–Kier alpha value is -3.60. The van der Waals surface area contributed by atoms with Crippen LogP contribution in [0.5, 0.6) is 5.75 Å². The van der Waals surface area contributed by atoms with Crippen molar-refractivity contribution in [2.75, 3.05) is 31.1 Å². The quantitative estimate of drug-likeness (QED) is 0.414. The fourth-order valence-corrected chi connectivity index (χ4v) is 3.50. The van der Waals surface area contributed by atoms with E-state index in [1.54, 1.807) is 36.4 Å². The molecule has 1 aromatic heterocycles. The third-order valence-corrected chi connectivity index (χ3v) is 4.96. The number of benzene rings is 2. The lowest BCUT2D eigenvalue weighted by Gasteiger charge is -2.35. The van der Waals surface area contributed by atoms with Crippen LogP contribution in [-0.2, 0) is 6.54 Å². The number of alkyl halides is 2. The molecule has 0 atom stereocenters. The second kappa shape index (κ2) is 9.04. The average molecular weight is 431 g/mol. The smallest absolute Gasteiger partial charge is 0.387 e. The van der Waals surface area contributed by atoms with Crippen molar-refractivity contribution in [2.24, 2.45) is 0 Å². The fourth-order valence-electron chi connectivity index (χ4n) is 3.50. The monoisotopic (exact) mass is 431 g/mol. The van der Waals surface area contributed by atoms with Gasteiger partial charge in [-0.25, -0.2) is 0 Å². The highest BCUT2D eigenvalue weighted by atomic mass is 19.3. The van der Waals surface area contributed by atoms with Crippen molar-refractivity contribution in [3.8, 4) is 17.1 Å². The molecule has 3 aromatic rings. The molecule has 1 aliphatic rings. The van der Waals surface area contributed by atoms with Crippen molar-refractivity contribution >= 4 is 11.4 Å². The summed E-state index contributed by atoms with van der Waals surface area (Å²) >= 11 is 0. The number of hydrogen-bond donors (Lipinski definition) is 0. The van der Waals surface area contributed by atoms with Crippen LogP contribution in [0.4, 0.5) is 20.2 Å². The number of aromatic nitrogens is 2. The zero-order valence-corrected chi connectivity index (χ0v) is 16.4. The molecular formula is C20H19F2N5O4. The van der Waals surface area contributed by atoms with Crippen molar-refractivity contribution in [2.45, 2.75) is 13.2 Å². The van der Waals surface area contributed by atoms with Crippen LogP contribution < -0.4 is 9.64 Å². The number of rotatable bonds is 7. The Balaban J connectivity index is 1.40. The summed E-state index contributed by atoms with van der Waals surface area (Å²) in [5, 5.41) is 15.2. The fraction of sp³-hybridized carbons (Fsp3) is 0.300. The Morgan fingerprint density at radius 2 is 1.81 bits per heavy atom. The standard InChI is InChI=1S/C20H19F2N5O4/c21-20(22)30-17-8-4-1-5-14(17)19-23-18(31-24-19)13-25-9-11-26(12-10-25)15-6-2-3-7-16(15)27(28)29/h1-8,20H,9-13H2. The van der Waals surface area contributed by atoms with Gasteiger partial charge in [-0.3, -0.25) is 15.0 Å². The molecule has 1 saturated heterocycles. The minimum atomic E-state index is -2.95. The van der Waals surface area contributed by atoms with E-state index in [2.05, 4.69) is 19.8 Å². The second-order valence-corrected chi connectivity index (χ2v) is 6.90. The number of nitro groups is 1. The maximum atomic E-state index is 12.6. The van der Waals surface area contributed by atoms with Gasteiger partial charge >= 0.3 is 6.61 Å². The molecule has 0 radical (unpaired) electrons. The van der Waals surface area contributed by atoms with Crippen molar-refractivity contribution in [1.82, 2.24) is 15.0 Å². The summed E-state index contributed by atoms with van der Waals surface area (Å²) in [6, 6.07) is 12.9. The van der Waals surface area contributed by atoms with Gasteiger partial charge in [0.15, 0.2) is 0 Å². The maximum Gasteiger partial charge on any atom is 0.387 e. The van der Waals surface area contributed by atoms with E-state index in [1.165, 1.54) is 12.1 Å². The van der Waals surface area contributed by atoms with Crippen LogP contribution in [0, 0.1) is 10.1 Å². The lowest BCUT2D eigenvalue weighted by Crippen LogP contribution is -2.46. The van der Waals surface area contributed by atoms with Crippen LogP contribution in [-0.4, -0.2) is 52.8 Å². The van der Waals surface area contributed by atoms with Crippen LogP contribution in [0.15, 0.2) is 53.1 Å². The van der Waals surface area contributed by atoms with E-state index in [0.717, 1.165) is 0 Å². The first kappa shape index (κ1) is 20.7. The molecule has 2 heterocycles. The Morgan fingerprint density at radius 1 is 1.10 bits per heavy atom. The van der Waals surface area contributed by atoms with Gasteiger partial charge in [0.05, 0.1) is 17.0 Å². The highest BCUT2D eigenvalue weighted by molar-refractivity contribution is 5.64. The summed E-state index contributed by atoms with van der Waals surface area (Å²) in [6.45, 7) is -0.0585. The molecule has 31 heavy (non-hydrogen) atoms. The Kier molecular flexibility index (Phi) is 6.03. The molecule has 162 valence electrons. The Labute approximate surface area is 176 Å². The van der Waals surface area contributed by atoms with E-state index in [0.29, 0.717) is 49.9 Å². The van der Waals surface area contributed by atoms with Gasteiger partial charge in [0, 0.05) is 32.2 Å². The molecule has 4 rings (SSSR count). The second-order valence-electron chi connectivity index (χ2n) is 6.90. The third kappa shape index (κ3) is 4.77. The van der Waals surface area contributed by atoms with Crippen LogP contribution >= 0.6 is 0 Å². The minimum Gasteiger partial charge on any atom is -0.434 e. The summed E-state index contributed by atoms with van der Waals surface area (Å²) in [5.74, 6) is 0.494. The molecule has 0 spiro atoms. The number of anilines is 1. The predicted octanol–water partition coefficient (Wildman–Crippen LogP) is 3.57. The molecule has 0 aliphatic carbocycles. The van der Waals surface area contributed by atoms with Gasteiger partial charge in [-0.15, -0.1) is 0 Å². The number of piperazine rings is 1. The summed E-state index contributed by atoms with van der Waals surface area (Å²) in [5.41, 5.74) is 1.00. The van der Waals surface area contributed by atoms with Crippen molar-refractivity contribution in [1.29, 1.82) is 0 Å². The van der Waals surface area contributed by atoms with E-state index in [1.807, 2.05) is 4.90 Å². The molecule has 0 unspecified atom stereocenters. The molecular weight excluding hydrogens is 412 g/mol. The van der Waals surface area contributed by atoms with Gasteiger partial charge in [-0.2, -0.15) is 13.8 Å². The highest BCUT2D eigenvalue weighted by Gasteiger charge is 2.24. The number of halogens is 2. The summed E-state index contributed by atoms with van der Waals surface area (Å²) in [4.78, 5) is 19.3. The topological polar surface area (TPSA) is 97.8 Å². The lowest BCUT2D eigenvalue weighted by atomic mass is 10.2. The lowest BCUT2D eigenvalue weighted by molar-refractivity contribution is -0.384. The number of para-hydroxylation sites is 3. The van der Waals surface area contributed by atoms with Gasteiger partial charge in [0.2, 0.25) is 11.7 Å². The molecule has 0 saturated carbocycles. The number of nitro benzene ring substituents is 1. The molecule has 9 nitrogen and oxygen atoms in total. The van der Waals surface area contributed by atoms with Crippen LogP contribution in [0.2, 0.25) is 0 Å². The molecule has 11 heteroatoms. The van der Waals surface area contributed by atoms with Crippen molar-refractivity contribution in [3.63, 3.8) is 0 Å². The van der Waals surface area contributed by atoms with E-state index >= 15 is 0 Å². The first-order valence-corrected chi connectivity index (χ1v) is 9.59. The minimum absolute atomic E-state index is 0.0251. The summed E-state index contributed by atoms with van der Waals surface area (Å²) in [6.07, 6.45) is 0. The van der Waals surface area contributed by atoms with Crippen molar-refractivity contribution in [3.05, 3.63) is 64.5 Å². The van der Waals surface area contributed by atoms with E-state index in [9.17, 15) is 18.9 Å². The number of ether oxygens (including phenoxy) is 1. The summed E-state index contributed by atoms with van der Waals surface area (Å²) < 4.78 is 35.1. The molecule has 1 fully saturated rings. The maximum absolute atomic E-state index is 12.6. The molecule has 2 aromatic carbocycles. The van der Waals surface area contributed by atoms with Crippen LogP contribution in [0.1, 0.15) is 5.89 Å². The Morgan fingerprint density at radius 3 is 2.55 bits per heavy atom. The van der Waals surface area contributed by atoms with E-state index in [-0.39, 0.29) is 22.2 Å². The van der Waals surface area contributed by atoms with Gasteiger partial charge in [0.1, 0.15) is 11.4 Å². The van der Waals surface area contributed by atoms with Crippen LogP contribution in [0.3, 0.4) is 0 Å². The van der Waals surface area contributed by atoms with E-state index in [4.69, 9.17) is 4.52 Å². The van der Waals surface area contributed by atoms with Gasteiger partial charge in [-0.05, 0) is 18.2 Å². The van der Waals surface area contributed by atoms with E-state index < -0.39 is 6.61 Å². The Bertz CT molecular complexity index is 1050. The normalized spacial score (nSPS) is 14.7. The number of nitrogens with zero attached hydrogens (tertiary/aromatic N) is 5. The zero-order valence-electron chi connectivity index (χ0n) is 16.4. The predicted molar refractivity (Wildman–Crippen MR) is 107 cm³/mol. The van der Waals surface area contributed by atoms with Gasteiger partial charge in [-0.1, -0.05) is 29.4 Å². The summed E-state index contributed by atoms with van der Waals surface area (Å²) in [7, 11) is 0. The van der Waals surface area contributed by atoms with Crippen LogP contribution in [0.25, 0.3) is 11.4 Å².